The second kappa shape index (κ2) is 5.28. The first-order valence-corrected chi connectivity index (χ1v) is 6.90. The van der Waals surface area contributed by atoms with Crippen LogP contribution in [0.15, 0.2) is 22.7 Å². The van der Waals surface area contributed by atoms with Crippen LogP contribution in [0, 0.1) is 15.5 Å². The van der Waals surface area contributed by atoms with Gasteiger partial charge in [-0.15, -0.1) is 0 Å². The molecule has 0 saturated heterocycles. The molecule has 0 heterocycles. The lowest BCUT2D eigenvalue weighted by molar-refractivity contribution is -0.384. The molecule has 1 aromatic carbocycles. The van der Waals surface area contributed by atoms with Crippen LogP contribution in [0.25, 0.3) is 0 Å². The van der Waals surface area contributed by atoms with Crippen LogP contribution in [0.2, 0.25) is 0 Å². The van der Waals surface area contributed by atoms with Gasteiger partial charge in [0.25, 0.3) is 5.69 Å². The Balaban J connectivity index is 2.28. The fourth-order valence-corrected chi connectivity index (χ4v) is 3.18. The predicted octanol–water partition coefficient (Wildman–Crippen LogP) is 3.54. The van der Waals surface area contributed by atoms with E-state index in [1.54, 1.807) is 6.07 Å². The van der Waals surface area contributed by atoms with Crippen molar-refractivity contribution in [3.05, 3.63) is 38.3 Å². The molecule has 0 atom stereocenters. The van der Waals surface area contributed by atoms with Crippen LogP contribution in [0.3, 0.4) is 0 Å². The van der Waals surface area contributed by atoms with Crippen LogP contribution in [0.5, 0.6) is 0 Å². The van der Waals surface area contributed by atoms with Gasteiger partial charge in [-0.2, -0.15) is 0 Å². The number of carboxylic acid groups (broad SMARTS) is 1. The predicted molar refractivity (Wildman–Crippen MR) is 73.0 cm³/mol. The van der Waals surface area contributed by atoms with E-state index < -0.39 is 16.3 Å². The Morgan fingerprint density at radius 3 is 2.53 bits per heavy atom. The largest absolute Gasteiger partial charge is 0.481 e. The molecule has 0 unspecified atom stereocenters. The minimum Gasteiger partial charge on any atom is -0.481 e. The molecule has 0 radical (unpaired) electrons. The first kappa shape index (κ1) is 14.0. The molecule has 0 spiro atoms. The Hall–Kier alpha value is -1.43. The molecule has 1 fully saturated rings. The zero-order valence-electron chi connectivity index (χ0n) is 10.3. The van der Waals surface area contributed by atoms with Gasteiger partial charge in [-0.3, -0.25) is 14.9 Å². The number of nitro benzene ring substituents is 1. The molecule has 1 aliphatic rings. The number of rotatable bonds is 4. The van der Waals surface area contributed by atoms with Crippen molar-refractivity contribution in [2.75, 3.05) is 0 Å². The first-order valence-electron chi connectivity index (χ1n) is 6.11. The monoisotopic (exact) mass is 327 g/mol. The number of halogens is 1. The molecule has 19 heavy (non-hydrogen) atoms. The molecule has 1 aliphatic carbocycles. The molecule has 1 saturated carbocycles. The number of benzene rings is 1. The summed E-state index contributed by atoms with van der Waals surface area (Å²) in [6, 6.07) is 4.50. The molecule has 2 rings (SSSR count). The molecule has 6 heteroatoms. The number of nitrogens with zero attached hydrogens (tertiary/aromatic N) is 1. The molecular formula is C13H14BrNO4. The Bertz CT molecular complexity index is 523. The third-order valence-corrected chi connectivity index (χ3v) is 4.53. The third kappa shape index (κ3) is 2.78. The normalized spacial score (nSPS) is 17.3. The number of carbonyl (C=O) groups is 1. The van der Waals surface area contributed by atoms with Crippen molar-refractivity contribution in [1.82, 2.24) is 0 Å². The summed E-state index contributed by atoms with van der Waals surface area (Å²) in [6.07, 6.45) is 3.62. The van der Waals surface area contributed by atoms with E-state index in [1.165, 1.54) is 12.1 Å². The SMILES string of the molecule is O=C(O)C1(Cc2ccc([N+](=O)[O-])cc2Br)CCCC1. The van der Waals surface area contributed by atoms with Gasteiger partial charge in [0.05, 0.1) is 10.3 Å². The van der Waals surface area contributed by atoms with Crippen molar-refractivity contribution >= 4 is 27.6 Å². The van der Waals surface area contributed by atoms with Crippen LogP contribution in [0.1, 0.15) is 31.2 Å². The summed E-state index contributed by atoms with van der Waals surface area (Å²) in [6.45, 7) is 0. The van der Waals surface area contributed by atoms with Crippen LogP contribution in [-0.4, -0.2) is 16.0 Å². The molecule has 5 nitrogen and oxygen atoms in total. The maximum atomic E-state index is 11.5. The van der Waals surface area contributed by atoms with E-state index in [2.05, 4.69) is 15.9 Å². The van der Waals surface area contributed by atoms with Crippen molar-refractivity contribution in [2.24, 2.45) is 5.41 Å². The van der Waals surface area contributed by atoms with Gasteiger partial charge in [0.1, 0.15) is 0 Å². The number of hydrogen-bond donors (Lipinski definition) is 1. The van der Waals surface area contributed by atoms with Gasteiger partial charge in [0.15, 0.2) is 0 Å². The van der Waals surface area contributed by atoms with Gasteiger partial charge in [0, 0.05) is 16.6 Å². The Labute approximate surface area is 118 Å². The molecule has 0 amide bonds. The first-order chi connectivity index (χ1) is 8.94. The number of carboxylic acids is 1. The van der Waals surface area contributed by atoms with E-state index in [9.17, 15) is 20.0 Å². The second-order valence-electron chi connectivity index (χ2n) is 5.00. The minimum atomic E-state index is -0.768. The average molecular weight is 328 g/mol. The van der Waals surface area contributed by atoms with E-state index in [4.69, 9.17) is 0 Å². The fourth-order valence-electron chi connectivity index (χ4n) is 2.68. The highest BCUT2D eigenvalue weighted by Crippen LogP contribution is 2.42. The van der Waals surface area contributed by atoms with Crippen LogP contribution in [-0.2, 0) is 11.2 Å². The number of nitro groups is 1. The van der Waals surface area contributed by atoms with Gasteiger partial charge >= 0.3 is 5.97 Å². The maximum Gasteiger partial charge on any atom is 0.309 e. The molecular weight excluding hydrogens is 314 g/mol. The van der Waals surface area contributed by atoms with Gasteiger partial charge < -0.3 is 5.11 Å². The van der Waals surface area contributed by atoms with E-state index in [0.717, 1.165) is 18.4 Å². The highest BCUT2D eigenvalue weighted by molar-refractivity contribution is 9.10. The standard InChI is InChI=1S/C13H14BrNO4/c14-11-7-10(15(18)19)4-3-9(11)8-13(12(16)17)5-1-2-6-13/h3-4,7H,1-2,5-6,8H2,(H,16,17). The highest BCUT2D eigenvalue weighted by atomic mass is 79.9. The van der Waals surface area contributed by atoms with Crippen LogP contribution in [0.4, 0.5) is 5.69 Å². The molecule has 102 valence electrons. The lowest BCUT2D eigenvalue weighted by Gasteiger charge is -2.24. The van der Waals surface area contributed by atoms with Gasteiger partial charge in [0.2, 0.25) is 0 Å². The smallest absolute Gasteiger partial charge is 0.309 e. The topological polar surface area (TPSA) is 80.4 Å². The van der Waals surface area contributed by atoms with Crippen LogP contribution < -0.4 is 0 Å². The highest BCUT2D eigenvalue weighted by Gasteiger charge is 2.41. The quantitative estimate of drug-likeness (QED) is 0.677. The van der Waals surface area contributed by atoms with E-state index in [1.807, 2.05) is 0 Å². The number of aliphatic carboxylic acids is 1. The lowest BCUT2D eigenvalue weighted by Crippen LogP contribution is -2.30. The molecule has 0 aromatic heterocycles. The molecule has 0 bridgehead atoms. The Morgan fingerprint density at radius 1 is 1.42 bits per heavy atom. The second-order valence-corrected chi connectivity index (χ2v) is 5.86. The van der Waals surface area contributed by atoms with Crippen LogP contribution >= 0.6 is 15.9 Å². The van der Waals surface area contributed by atoms with E-state index in [-0.39, 0.29) is 5.69 Å². The van der Waals surface area contributed by atoms with E-state index >= 15 is 0 Å². The number of hydrogen-bond acceptors (Lipinski definition) is 3. The third-order valence-electron chi connectivity index (χ3n) is 3.79. The maximum absolute atomic E-state index is 11.5. The van der Waals surface area contributed by atoms with Crippen molar-refractivity contribution in [3.8, 4) is 0 Å². The summed E-state index contributed by atoms with van der Waals surface area (Å²) in [5.74, 6) is -0.768. The van der Waals surface area contributed by atoms with Crippen molar-refractivity contribution < 1.29 is 14.8 Å². The summed E-state index contributed by atoms with van der Waals surface area (Å²) in [5, 5.41) is 20.1. The summed E-state index contributed by atoms with van der Waals surface area (Å²) >= 11 is 3.30. The van der Waals surface area contributed by atoms with Crippen molar-refractivity contribution in [3.63, 3.8) is 0 Å². The average Bonchev–Trinajstić information content (AvgIpc) is 2.81. The fraction of sp³-hybridized carbons (Fsp3) is 0.462. The summed E-state index contributed by atoms with van der Waals surface area (Å²) in [4.78, 5) is 21.7. The molecule has 1 N–H and O–H groups in total. The zero-order valence-corrected chi connectivity index (χ0v) is 11.9. The summed E-state index contributed by atoms with van der Waals surface area (Å²) in [5.41, 5.74) is 0.111. The van der Waals surface area contributed by atoms with E-state index in [0.29, 0.717) is 23.7 Å². The molecule has 1 aromatic rings. The summed E-state index contributed by atoms with van der Waals surface area (Å²) in [7, 11) is 0. The zero-order chi connectivity index (χ0) is 14.0. The van der Waals surface area contributed by atoms with Crippen molar-refractivity contribution in [2.45, 2.75) is 32.1 Å². The Kier molecular flexibility index (Phi) is 3.89. The number of non-ortho nitro benzene ring substituents is 1. The van der Waals surface area contributed by atoms with Crippen molar-refractivity contribution in [1.29, 1.82) is 0 Å². The molecule has 0 aliphatic heterocycles. The Morgan fingerprint density at radius 2 is 2.05 bits per heavy atom. The lowest BCUT2D eigenvalue weighted by atomic mass is 9.80. The minimum absolute atomic E-state index is 0.00595. The summed E-state index contributed by atoms with van der Waals surface area (Å²) < 4.78 is 0.606. The van der Waals surface area contributed by atoms with Gasteiger partial charge in [-0.25, -0.2) is 0 Å². The van der Waals surface area contributed by atoms with Gasteiger partial charge in [-0.1, -0.05) is 34.8 Å². The van der Waals surface area contributed by atoms with Gasteiger partial charge in [-0.05, 0) is 24.8 Å².